The van der Waals surface area contributed by atoms with Gasteiger partial charge < -0.3 is 9.84 Å². The van der Waals surface area contributed by atoms with Gasteiger partial charge in [-0.1, -0.05) is 5.16 Å². The van der Waals surface area contributed by atoms with E-state index in [0.29, 0.717) is 18.2 Å². The number of hydrogen-bond acceptors (Lipinski definition) is 7. The van der Waals surface area contributed by atoms with E-state index in [9.17, 15) is 12.8 Å². The number of anilines is 1. The fourth-order valence-corrected chi connectivity index (χ4v) is 3.41. The maximum absolute atomic E-state index is 13.2. The standard InChI is InChI=1S/C15H20FN5O3S/c1-25(22,23)18-9-10-2-4-12(5-3-10)19-15-20-14(21-24-15)13-8-11(16)6-7-17-13/h6-8,10,12,18H,2-5,9H2,1H3,(H,19,20,21). The Morgan fingerprint density at radius 3 is 2.76 bits per heavy atom. The second-order valence-corrected chi connectivity index (χ2v) is 8.10. The van der Waals surface area contributed by atoms with Gasteiger partial charge in [0.05, 0.1) is 6.26 Å². The first kappa shape index (κ1) is 17.7. The molecule has 2 aromatic rings. The van der Waals surface area contributed by atoms with Crippen LogP contribution in [-0.2, 0) is 10.0 Å². The molecule has 2 heterocycles. The Morgan fingerprint density at radius 2 is 2.08 bits per heavy atom. The number of hydrogen-bond donors (Lipinski definition) is 2. The van der Waals surface area contributed by atoms with Crippen LogP contribution >= 0.6 is 0 Å². The molecule has 0 saturated heterocycles. The minimum absolute atomic E-state index is 0.184. The maximum Gasteiger partial charge on any atom is 0.322 e. The summed E-state index contributed by atoms with van der Waals surface area (Å²) in [5.41, 5.74) is 0.312. The topological polar surface area (TPSA) is 110 Å². The largest absolute Gasteiger partial charge is 0.335 e. The Hall–Kier alpha value is -2.07. The summed E-state index contributed by atoms with van der Waals surface area (Å²) in [6.07, 6.45) is 6.10. The van der Waals surface area contributed by atoms with Gasteiger partial charge in [-0.05, 0) is 37.7 Å². The monoisotopic (exact) mass is 369 g/mol. The van der Waals surface area contributed by atoms with Crippen LogP contribution in [0.2, 0.25) is 0 Å². The third-order valence-corrected chi connectivity index (χ3v) is 4.88. The summed E-state index contributed by atoms with van der Waals surface area (Å²) >= 11 is 0. The van der Waals surface area contributed by atoms with E-state index in [1.165, 1.54) is 24.6 Å². The minimum atomic E-state index is -3.14. The highest BCUT2D eigenvalue weighted by molar-refractivity contribution is 7.88. The fraction of sp³-hybridized carbons (Fsp3) is 0.533. The lowest BCUT2D eigenvalue weighted by molar-refractivity contribution is 0.330. The summed E-state index contributed by atoms with van der Waals surface area (Å²) in [5.74, 6) is 0.154. The number of pyridine rings is 1. The van der Waals surface area contributed by atoms with Gasteiger partial charge in [-0.2, -0.15) is 4.98 Å². The number of aromatic nitrogens is 3. The third kappa shape index (κ3) is 5.20. The van der Waals surface area contributed by atoms with Crippen LogP contribution in [0.1, 0.15) is 25.7 Å². The fourth-order valence-electron chi connectivity index (χ4n) is 2.87. The molecule has 3 rings (SSSR count). The van der Waals surface area contributed by atoms with Gasteiger partial charge in [-0.25, -0.2) is 17.5 Å². The average Bonchev–Trinajstić information content (AvgIpc) is 3.02. The smallest absolute Gasteiger partial charge is 0.322 e. The van der Waals surface area contributed by atoms with Crippen LogP contribution in [0.25, 0.3) is 11.5 Å². The number of sulfonamides is 1. The average molecular weight is 369 g/mol. The quantitative estimate of drug-likeness (QED) is 0.799. The highest BCUT2D eigenvalue weighted by Gasteiger charge is 2.23. The van der Waals surface area contributed by atoms with Crippen LogP contribution < -0.4 is 10.0 Å². The maximum atomic E-state index is 13.2. The summed E-state index contributed by atoms with van der Waals surface area (Å²) < 4.78 is 43.2. The van der Waals surface area contributed by atoms with Crippen molar-refractivity contribution in [3.05, 3.63) is 24.1 Å². The predicted molar refractivity (Wildman–Crippen MR) is 89.7 cm³/mol. The lowest BCUT2D eigenvalue weighted by atomic mass is 9.86. The summed E-state index contributed by atoms with van der Waals surface area (Å²) in [6.45, 7) is 0.474. The van der Waals surface area contributed by atoms with Crippen molar-refractivity contribution in [3.8, 4) is 11.5 Å². The van der Waals surface area contributed by atoms with Crippen molar-refractivity contribution in [2.75, 3.05) is 18.1 Å². The molecule has 1 saturated carbocycles. The zero-order chi connectivity index (χ0) is 17.9. The van der Waals surface area contributed by atoms with E-state index in [1.807, 2.05) is 0 Å². The van der Waals surface area contributed by atoms with Gasteiger partial charge in [0.1, 0.15) is 11.5 Å². The third-order valence-electron chi connectivity index (χ3n) is 4.19. The first-order valence-electron chi connectivity index (χ1n) is 8.06. The molecule has 0 bridgehead atoms. The Balaban J connectivity index is 1.51. The number of nitrogens with zero attached hydrogens (tertiary/aromatic N) is 3. The Kier molecular flexibility index (Phi) is 5.28. The van der Waals surface area contributed by atoms with Gasteiger partial charge >= 0.3 is 6.01 Å². The van der Waals surface area contributed by atoms with Gasteiger partial charge in [0.2, 0.25) is 15.8 Å². The van der Waals surface area contributed by atoms with Gasteiger partial charge in [-0.15, -0.1) is 0 Å². The lowest BCUT2D eigenvalue weighted by Crippen LogP contribution is -2.33. The first-order chi connectivity index (χ1) is 11.9. The molecule has 0 amide bonds. The first-order valence-corrected chi connectivity index (χ1v) is 9.95. The van der Waals surface area contributed by atoms with Crippen molar-refractivity contribution in [1.82, 2.24) is 19.8 Å². The summed E-state index contributed by atoms with van der Waals surface area (Å²) in [5, 5.41) is 6.99. The van der Waals surface area contributed by atoms with Gasteiger partial charge in [0.25, 0.3) is 0 Å². The Bertz CT molecular complexity index is 818. The Morgan fingerprint density at radius 1 is 1.32 bits per heavy atom. The van der Waals surface area contributed by atoms with Crippen LogP contribution in [0.5, 0.6) is 0 Å². The molecular weight excluding hydrogens is 349 g/mol. The normalized spacial score (nSPS) is 21.2. The molecule has 2 aromatic heterocycles. The van der Waals surface area contributed by atoms with Crippen molar-refractivity contribution in [2.24, 2.45) is 5.92 Å². The number of nitrogens with one attached hydrogen (secondary N) is 2. The van der Waals surface area contributed by atoms with Crippen LogP contribution in [0, 0.1) is 11.7 Å². The van der Waals surface area contributed by atoms with Crippen molar-refractivity contribution in [1.29, 1.82) is 0 Å². The second kappa shape index (κ2) is 7.44. The summed E-state index contributed by atoms with van der Waals surface area (Å²) in [6, 6.07) is 2.95. The van der Waals surface area contributed by atoms with Crippen LogP contribution in [0.4, 0.5) is 10.4 Å². The summed E-state index contributed by atoms with van der Waals surface area (Å²) in [7, 11) is -3.14. The highest BCUT2D eigenvalue weighted by atomic mass is 32.2. The molecule has 0 unspecified atom stereocenters. The molecule has 2 N–H and O–H groups in total. The van der Waals surface area contributed by atoms with Gasteiger partial charge in [0, 0.05) is 24.8 Å². The van der Waals surface area contributed by atoms with E-state index in [4.69, 9.17) is 4.52 Å². The molecule has 1 fully saturated rings. The lowest BCUT2D eigenvalue weighted by Gasteiger charge is -2.28. The SMILES string of the molecule is CS(=O)(=O)NCC1CCC(Nc2nc(-c3cc(F)ccn3)no2)CC1. The predicted octanol–water partition coefficient (Wildman–Crippen LogP) is 1.79. The molecule has 25 heavy (non-hydrogen) atoms. The van der Waals surface area contributed by atoms with Crippen LogP contribution in [0.15, 0.2) is 22.9 Å². The Labute approximate surface area is 145 Å². The molecule has 0 aliphatic heterocycles. The van der Waals surface area contributed by atoms with Crippen molar-refractivity contribution >= 4 is 16.0 Å². The number of rotatable bonds is 6. The zero-order valence-electron chi connectivity index (χ0n) is 13.8. The molecule has 0 atom stereocenters. The van der Waals surface area contributed by atoms with Crippen molar-refractivity contribution in [3.63, 3.8) is 0 Å². The van der Waals surface area contributed by atoms with Crippen LogP contribution in [-0.4, -0.2) is 42.4 Å². The van der Waals surface area contributed by atoms with Crippen LogP contribution in [0.3, 0.4) is 0 Å². The molecule has 1 aliphatic rings. The van der Waals surface area contributed by atoms with E-state index in [0.717, 1.165) is 25.7 Å². The number of halogens is 1. The van der Waals surface area contributed by atoms with E-state index < -0.39 is 15.8 Å². The molecule has 10 heteroatoms. The molecule has 8 nitrogen and oxygen atoms in total. The minimum Gasteiger partial charge on any atom is -0.335 e. The van der Waals surface area contributed by atoms with E-state index >= 15 is 0 Å². The van der Waals surface area contributed by atoms with E-state index in [1.54, 1.807) is 0 Å². The summed E-state index contributed by atoms with van der Waals surface area (Å²) in [4.78, 5) is 8.20. The molecule has 0 radical (unpaired) electrons. The molecule has 1 aliphatic carbocycles. The molecule has 136 valence electrons. The van der Waals surface area contributed by atoms with E-state index in [-0.39, 0.29) is 17.9 Å². The molecule has 0 spiro atoms. The molecular formula is C15H20FN5O3S. The van der Waals surface area contributed by atoms with E-state index in [2.05, 4.69) is 25.2 Å². The second-order valence-electron chi connectivity index (χ2n) is 6.27. The van der Waals surface area contributed by atoms with Gasteiger partial charge in [0.15, 0.2) is 0 Å². The molecule has 0 aromatic carbocycles. The van der Waals surface area contributed by atoms with Crippen molar-refractivity contribution in [2.45, 2.75) is 31.7 Å². The van der Waals surface area contributed by atoms with Crippen molar-refractivity contribution < 1.29 is 17.3 Å². The van der Waals surface area contributed by atoms with Gasteiger partial charge in [-0.3, -0.25) is 4.98 Å². The zero-order valence-corrected chi connectivity index (χ0v) is 14.6. The highest BCUT2D eigenvalue weighted by Crippen LogP contribution is 2.26.